The van der Waals surface area contributed by atoms with Gasteiger partial charge in [0.05, 0.1) is 12.7 Å². The zero-order chi connectivity index (χ0) is 17.5. The Hall–Kier alpha value is -1.82. The van der Waals surface area contributed by atoms with Crippen molar-refractivity contribution in [2.75, 3.05) is 32.1 Å². The summed E-state index contributed by atoms with van der Waals surface area (Å²) < 4.78 is 19.2. The summed E-state index contributed by atoms with van der Waals surface area (Å²) >= 11 is 11.5. The van der Waals surface area contributed by atoms with Crippen LogP contribution in [0.2, 0.25) is 10.0 Å². The van der Waals surface area contributed by atoms with Gasteiger partial charge in [-0.2, -0.15) is 0 Å². The van der Waals surface area contributed by atoms with Crippen LogP contribution < -0.4 is 15.0 Å². The molecule has 0 aliphatic rings. The lowest BCUT2D eigenvalue weighted by Crippen LogP contribution is -3.10. The van der Waals surface area contributed by atoms with Crippen LogP contribution in [0.15, 0.2) is 42.5 Å². The number of carbonyl (C=O) groups is 1. The lowest BCUT2D eigenvalue weighted by Gasteiger charge is -2.14. The third-order valence-corrected chi connectivity index (χ3v) is 3.77. The van der Waals surface area contributed by atoms with E-state index in [-0.39, 0.29) is 23.2 Å². The van der Waals surface area contributed by atoms with E-state index in [0.29, 0.717) is 18.2 Å². The van der Waals surface area contributed by atoms with Crippen LogP contribution in [0.3, 0.4) is 0 Å². The predicted octanol–water partition coefficient (Wildman–Crippen LogP) is 2.66. The quantitative estimate of drug-likeness (QED) is 0.785. The number of ether oxygens (including phenoxy) is 1. The van der Waals surface area contributed by atoms with Crippen molar-refractivity contribution >= 4 is 34.8 Å². The van der Waals surface area contributed by atoms with Gasteiger partial charge < -0.3 is 15.0 Å². The van der Waals surface area contributed by atoms with Crippen molar-refractivity contribution in [1.29, 1.82) is 0 Å². The molecule has 2 N–H and O–H groups in total. The fraction of sp³-hybridized carbons (Fsp3) is 0.235. The van der Waals surface area contributed by atoms with Gasteiger partial charge in [-0.05, 0) is 42.5 Å². The molecule has 0 spiro atoms. The number of benzene rings is 2. The second-order valence-electron chi connectivity index (χ2n) is 5.36. The van der Waals surface area contributed by atoms with E-state index in [1.54, 1.807) is 24.3 Å². The molecular formula is C17H18Cl2FN2O2+. The Balaban J connectivity index is 1.74. The first-order chi connectivity index (χ1) is 11.4. The summed E-state index contributed by atoms with van der Waals surface area (Å²) in [6, 6.07) is 11.2. The molecule has 0 fully saturated rings. The molecule has 0 heterocycles. The van der Waals surface area contributed by atoms with Crippen molar-refractivity contribution < 1.29 is 18.8 Å². The Morgan fingerprint density at radius 1 is 1.17 bits per heavy atom. The summed E-state index contributed by atoms with van der Waals surface area (Å²) in [4.78, 5) is 12.9. The number of anilines is 1. The summed E-state index contributed by atoms with van der Waals surface area (Å²) in [6.07, 6.45) is 0. The summed E-state index contributed by atoms with van der Waals surface area (Å²) in [5.41, 5.74) is 0.120. The molecule has 128 valence electrons. The molecule has 1 atom stereocenters. The number of carbonyl (C=O) groups excluding carboxylic acids is 1. The van der Waals surface area contributed by atoms with E-state index < -0.39 is 5.82 Å². The molecule has 0 saturated heterocycles. The van der Waals surface area contributed by atoms with Gasteiger partial charge in [0.2, 0.25) is 0 Å². The normalized spacial score (nSPS) is 11.8. The van der Waals surface area contributed by atoms with Crippen molar-refractivity contribution in [3.8, 4) is 5.75 Å². The van der Waals surface area contributed by atoms with E-state index in [1.807, 2.05) is 7.05 Å². The average molecular weight is 372 g/mol. The van der Waals surface area contributed by atoms with Gasteiger partial charge in [-0.1, -0.05) is 23.2 Å². The maximum atomic E-state index is 13.6. The summed E-state index contributed by atoms with van der Waals surface area (Å²) in [5.74, 6) is -0.111. The van der Waals surface area contributed by atoms with Crippen molar-refractivity contribution in [1.82, 2.24) is 0 Å². The fourth-order valence-corrected chi connectivity index (χ4v) is 2.31. The van der Waals surface area contributed by atoms with Gasteiger partial charge in [0.1, 0.15) is 24.7 Å². The maximum Gasteiger partial charge on any atom is 0.279 e. The van der Waals surface area contributed by atoms with Crippen LogP contribution in [0.25, 0.3) is 0 Å². The second-order valence-corrected chi connectivity index (χ2v) is 6.23. The lowest BCUT2D eigenvalue weighted by molar-refractivity contribution is -0.871. The van der Waals surface area contributed by atoms with Crippen LogP contribution >= 0.6 is 23.2 Å². The molecule has 0 radical (unpaired) electrons. The van der Waals surface area contributed by atoms with Crippen LogP contribution in [0.1, 0.15) is 0 Å². The summed E-state index contributed by atoms with van der Waals surface area (Å²) in [5, 5.41) is 3.47. The summed E-state index contributed by atoms with van der Waals surface area (Å²) in [7, 11) is 1.86. The van der Waals surface area contributed by atoms with Crippen molar-refractivity contribution in [2.24, 2.45) is 0 Å². The van der Waals surface area contributed by atoms with E-state index in [1.165, 1.54) is 12.1 Å². The minimum absolute atomic E-state index is 0.120. The molecule has 2 aromatic carbocycles. The minimum Gasteiger partial charge on any atom is -0.488 e. The third kappa shape index (κ3) is 6.00. The van der Waals surface area contributed by atoms with Gasteiger partial charge in [-0.3, -0.25) is 4.79 Å². The van der Waals surface area contributed by atoms with Crippen LogP contribution in [-0.4, -0.2) is 32.7 Å². The topological polar surface area (TPSA) is 42.8 Å². The average Bonchev–Trinajstić information content (AvgIpc) is 2.52. The second kappa shape index (κ2) is 8.87. The number of nitrogens with one attached hydrogen (secondary N) is 2. The number of halogens is 3. The monoisotopic (exact) mass is 371 g/mol. The third-order valence-electron chi connectivity index (χ3n) is 3.28. The molecule has 1 amide bonds. The van der Waals surface area contributed by atoms with Gasteiger partial charge in [-0.15, -0.1) is 0 Å². The van der Waals surface area contributed by atoms with Gasteiger partial charge in [0, 0.05) is 10.0 Å². The van der Waals surface area contributed by atoms with Crippen molar-refractivity contribution in [2.45, 2.75) is 0 Å². The predicted molar refractivity (Wildman–Crippen MR) is 93.6 cm³/mol. The van der Waals surface area contributed by atoms with Crippen LogP contribution in [-0.2, 0) is 4.79 Å². The highest BCUT2D eigenvalue weighted by molar-refractivity contribution is 6.30. The zero-order valence-electron chi connectivity index (χ0n) is 13.1. The molecule has 2 rings (SSSR count). The number of hydrogen-bond donors (Lipinski definition) is 2. The Morgan fingerprint density at radius 3 is 2.50 bits per heavy atom. The molecule has 0 bridgehead atoms. The number of likely N-dealkylation sites (N-methyl/N-ethyl adjacent to an activating group) is 1. The van der Waals surface area contributed by atoms with Crippen molar-refractivity contribution in [3.05, 3.63) is 58.3 Å². The van der Waals surface area contributed by atoms with E-state index in [9.17, 15) is 9.18 Å². The highest BCUT2D eigenvalue weighted by Gasteiger charge is 2.12. The van der Waals surface area contributed by atoms with Crippen LogP contribution in [0, 0.1) is 5.82 Å². The largest absolute Gasteiger partial charge is 0.488 e. The molecule has 0 aliphatic heterocycles. The molecule has 0 saturated carbocycles. The lowest BCUT2D eigenvalue weighted by atomic mass is 10.3. The van der Waals surface area contributed by atoms with E-state index in [4.69, 9.17) is 27.9 Å². The minimum atomic E-state index is -0.556. The zero-order valence-corrected chi connectivity index (χ0v) is 14.6. The van der Waals surface area contributed by atoms with Gasteiger partial charge in [0.15, 0.2) is 6.54 Å². The van der Waals surface area contributed by atoms with E-state index in [2.05, 4.69) is 5.32 Å². The Kier molecular flexibility index (Phi) is 6.85. The molecular weight excluding hydrogens is 354 g/mol. The van der Waals surface area contributed by atoms with Gasteiger partial charge >= 0.3 is 0 Å². The smallest absolute Gasteiger partial charge is 0.279 e. The first-order valence-electron chi connectivity index (χ1n) is 7.38. The first-order valence-corrected chi connectivity index (χ1v) is 8.14. The Morgan fingerprint density at radius 2 is 1.83 bits per heavy atom. The molecule has 24 heavy (non-hydrogen) atoms. The molecule has 7 heteroatoms. The van der Waals surface area contributed by atoms with Gasteiger partial charge in [0.25, 0.3) is 5.91 Å². The maximum absolute atomic E-state index is 13.6. The molecule has 2 aromatic rings. The highest BCUT2D eigenvalue weighted by Crippen LogP contribution is 2.18. The number of rotatable bonds is 7. The SMILES string of the molecule is C[NH+](CCOc1ccc(Cl)cc1)CC(=O)Nc1ccc(Cl)cc1F. The van der Waals surface area contributed by atoms with Gasteiger partial charge in [-0.25, -0.2) is 4.39 Å². The van der Waals surface area contributed by atoms with Crippen LogP contribution in [0.4, 0.5) is 10.1 Å². The number of amides is 1. The van der Waals surface area contributed by atoms with Crippen molar-refractivity contribution in [3.63, 3.8) is 0 Å². The molecule has 1 unspecified atom stereocenters. The molecule has 0 aliphatic carbocycles. The molecule has 4 nitrogen and oxygen atoms in total. The Labute approximate surface area is 150 Å². The number of quaternary nitrogens is 1. The van der Waals surface area contributed by atoms with E-state index in [0.717, 1.165) is 16.7 Å². The number of hydrogen-bond acceptors (Lipinski definition) is 2. The Bertz CT molecular complexity index is 695. The first kappa shape index (κ1) is 18.5. The molecule has 0 aromatic heterocycles. The van der Waals surface area contributed by atoms with Crippen LogP contribution in [0.5, 0.6) is 5.75 Å². The highest BCUT2D eigenvalue weighted by atomic mass is 35.5. The fourth-order valence-electron chi connectivity index (χ4n) is 2.02. The van der Waals surface area contributed by atoms with E-state index >= 15 is 0 Å². The standard InChI is InChI=1S/C17H17Cl2FN2O2/c1-22(8-9-24-14-5-2-12(18)3-6-14)11-17(23)21-16-7-4-13(19)10-15(16)20/h2-7,10H,8-9,11H2,1H3,(H,21,23)/p+1. The summed E-state index contributed by atoms with van der Waals surface area (Å²) in [6.45, 7) is 1.28.